The van der Waals surface area contributed by atoms with E-state index < -0.39 is 9.84 Å². The molecule has 10 nitrogen and oxygen atoms in total. The van der Waals surface area contributed by atoms with E-state index in [0.29, 0.717) is 50.6 Å². The van der Waals surface area contributed by atoms with E-state index in [1.165, 1.54) is 0 Å². The number of anilines is 1. The number of carbonyl (C=O) groups is 1. The van der Waals surface area contributed by atoms with Gasteiger partial charge in [-0.3, -0.25) is 4.68 Å². The van der Waals surface area contributed by atoms with Crippen LogP contribution in [0.4, 0.5) is 10.5 Å². The van der Waals surface area contributed by atoms with Crippen molar-refractivity contribution in [2.75, 3.05) is 56.8 Å². The van der Waals surface area contributed by atoms with Gasteiger partial charge in [-0.1, -0.05) is 6.07 Å². The summed E-state index contributed by atoms with van der Waals surface area (Å²) in [7, 11) is 0.198. The number of hydrogen-bond donors (Lipinski definition) is 1. The van der Waals surface area contributed by atoms with Gasteiger partial charge in [-0.15, -0.1) is 0 Å². The van der Waals surface area contributed by atoms with Crippen LogP contribution in [-0.4, -0.2) is 81.0 Å². The highest BCUT2D eigenvalue weighted by atomic mass is 32.2. The number of piperazine rings is 1. The van der Waals surface area contributed by atoms with Gasteiger partial charge in [0.2, 0.25) is 0 Å². The van der Waals surface area contributed by atoms with E-state index in [0.717, 1.165) is 22.6 Å². The summed E-state index contributed by atoms with van der Waals surface area (Å²) in [5, 5.41) is 7.66. The Morgan fingerprint density at radius 3 is 2.44 bits per heavy atom. The summed E-state index contributed by atoms with van der Waals surface area (Å²) >= 11 is 0. The second kappa shape index (κ2) is 9.73. The van der Waals surface area contributed by atoms with Gasteiger partial charge >= 0.3 is 6.03 Å². The third kappa shape index (κ3) is 4.94. The Hall–Kier alpha value is -2.95. The summed E-state index contributed by atoms with van der Waals surface area (Å²) in [5.41, 5.74) is 3.87. The molecule has 3 heterocycles. The molecule has 0 bridgehead atoms. The highest BCUT2D eigenvalue weighted by Crippen LogP contribution is 2.32. The predicted octanol–water partition coefficient (Wildman–Crippen LogP) is 1.91. The predicted molar refractivity (Wildman–Crippen MR) is 130 cm³/mol. The zero-order chi connectivity index (χ0) is 24.5. The minimum Gasteiger partial charge on any atom is -0.493 e. The summed E-state index contributed by atoms with van der Waals surface area (Å²) in [5.74, 6) is 1.66. The fourth-order valence-electron chi connectivity index (χ4n) is 4.85. The fourth-order valence-corrected chi connectivity index (χ4v) is 6.54. The van der Waals surface area contributed by atoms with Crippen LogP contribution in [0.3, 0.4) is 0 Å². The van der Waals surface area contributed by atoms with Crippen molar-refractivity contribution in [3.05, 3.63) is 35.2 Å². The van der Waals surface area contributed by atoms with Gasteiger partial charge in [0.05, 0.1) is 48.8 Å². The van der Waals surface area contributed by atoms with Gasteiger partial charge in [0.25, 0.3) is 0 Å². The molecule has 186 valence electrons. The maximum Gasteiger partial charge on any atom is 0.317 e. The first-order valence-corrected chi connectivity index (χ1v) is 13.3. The Labute approximate surface area is 200 Å². The Balaban J connectivity index is 1.34. The van der Waals surface area contributed by atoms with Crippen LogP contribution in [0, 0.1) is 13.8 Å². The molecular formula is C23H33N5O5S. The number of benzene rings is 1. The molecule has 1 aromatic carbocycles. The average molecular weight is 492 g/mol. The molecule has 34 heavy (non-hydrogen) atoms. The number of aromatic nitrogens is 2. The molecule has 1 N–H and O–H groups in total. The molecule has 2 aliphatic rings. The number of amides is 2. The Bertz CT molecular complexity index is 1150. The maximum atomic E-state index is 12.7. The number of methoxy groups -OCH3 is 2. The lowest BCUT2D eigenvalue weighted by molar-refractivity contribution is 0.194. The Morgan fingerprint density at radius 2 is 1.82 bits per heavy atom. The van der Waals surface area contributed by atoms with Gasteiger partial charge in [0.1, 0.15) is 0 Å². The fraction of sp³-hybridized carbons (Fsp3) is 0.565. The normalized spacial score (nSPS) is 19.8. The van der Waals surface area contributed by atoms with E-state index in [-0.39, 0.29) is 23.6 Å². The lowest BCUT2D eigenvalue weighted by Gasteiger charge is -2.36. The Kier molecular flexibility index (Phi) is 6.92. The zero-order valence-electron chi connectivity index (χ0n) is 20.2. The lowest BCUT2D eigenvalue weighted by Crippen LogP contribution is -2.52. The summed E-state index contributed by atoms with van der Waals surface area (Å²) in [6.07, 6.45) is 0.609. The SMILES string of the molecule is COc1ccc(CNC(=O)N2CCN(c3c(C)nn(C4CCS(=O)(=O)C4)c3C)CC2)cc1OC. The highest BCUT2D eigenvalue weighted by molar-refractivity contribution is 7.91. The maximum absolute atomic E-state index is 12.7. The summed E-state index contributed by atoms with van der Waals surface area (Å²) in [4.78, 5) is 16.8. The number of urea groups is 1. The van der Waals surface area contributed by atoms with Crippen molar-refractivity contribution in [3.8, 4) is 11.5 Å². The van der Waals surface area contributed by atoms with E-state index >= 15 is 0 Å². The van der Waals surface area contributed by atoms with Gasteiger partial charge in [-0.25, -0.2) is 13.2 Å². The highest BCUT2D eigenvalue weighted by Gasteiger charge is 2.33. The molecule has 2 saturated heterocycles. The standard InChI is InChI=1S/C23H33N5O5S/c1-16-22(17(2)28(25-16)19-7-12-34(30,31)15-19)26-8-10-27(11-9-26)23(29)24-14-18-5-6-20(32-3)21(13-18)33-4/h5-6,13,19H,7-12,14-15H2,1-4H3,(H,24,29). The van der Waals surface area contributed by atoms with E-state index in [2.05, 4.69) is 15.3 Å². The van der Waals surface area contributed by atoms with Crippen molar-refractivity contribution in [3.63, 3.8) is 0 Å². The summed E-state index contributed by atoms with van der Waals surface area (Å²) in [6.45, 7) is 6.95. The molecule has 1 unspecified atom stereocenters. The van der Waals surface area contributed by atoms with Crippen LogP contribution < -0.4 is 19.7 Å². The molecule has 2 aromatic rings. The number of rotatable bonds is 6. The molecule has 2 amide bonds. The van der Waals surface area contributed by atoms with Crippen molar-refractivity contribution >= 4 is 21.6 Å². The second-order valence-corrected chi connectivity index (χ2v) is 11.1. The van der Waals surface area contributed by atoms with Crippen LogP contribution >= 0.6 is 0 Å². The van der Waals surface area contributed by atoms with Crippen LogP contribution in [0.15, 0.2) is 18.2 Å². The number of hydrogen-bond acceptors (Lipinski definition) is 7. The Morgan fingerprint density at radius 1 is 1.12 bits per heavy atom. The van der Waals surface area contributed by atoms with Crippen LogP contribution in [0.25, 0.3) is 0 Å². The number of aryl methyl sites for hydroxylation is 1. The minimum absolute atomic E-state index is 0.0962. The van der Waals surface area contributed by atoms with Crippen molar-refractivity contribution in [2.45, 2.75) is 32.9 Å². The van der Waals surface area contributed by atoms with Crippen LogP contribution in [0.5, 0.6) is 11.5 Å². The van der Waals surface area contributed by atoms with Crippen molar-refractivity contribution in [1.29, 1.82) is 0 Å². The minimum atomic E-state index is -2.98. The van der Waals surface area contributed by atoms with E-state index in [4.69, 9.17) is 9.47 Å². The largest absolute Gasteiger partial charge is 0.493 e. The number of sulfone groups is 1. The summed E-state index contributed by atoms with van der Waals surface area (Å²) < 4.78 is 36.3. The molecule has 4 rings (SSSR count). The van der Waals surface area contributed by atoms with Crippen molar-refractivity contribution in [1.82, 2.24) is 20.0 Å². The number of nitrogens with one attached hydrogen (secondary N) is 1. The lowest BCUT2D eigenvalue weighted by atomic mass is 10.2. The second-order valence-electron chi connectivity index (χ2n) is 8.84. The quantitative estimate of drug-likeness (QED) is 0.658. The van der Waals surface area contributed by atoms with Crippen LogP contribution in [0.1, 0.15) is 29.4 Å². The average Bonchev–Trinajstić information content (AvgIpc) is 3.34. The number of nitrogens with zero attached hydrogens (tertiary/aromatic N) is 4. The molecular weight excluding hydrogens is 458 g/mol. The smallest absolute Gasteiger partial charge is 0.317 e. The monoisotopic (exact) mass is 491 g/mol. The molecule has 1 aromatic heterocycles. The third-order valence-electron chi connectivity index (χ3n) is 6.62. The molecule has 2 aliphatic heterocycles. The molecule has 0 saturated carbocycles. The van der Waals surface area contributed by atoms with Gasteiger partial charge in [-0.05, 0) is 38.0 Å². The first-order valence-electron chi connectivity index (χ1n) is 11.5. The van der Waals surface area contributed by atoms with E-state index in [9.17, 15) is 13.2 Å². The molecule has 11 heteroatoms. The van der Waals surface area contributed by atoms with Gasteiger partial charge < -0.3 is 24.6 Å². The van der Waals surface area contributed by atoms with E-state index in [1.54, 1.807) is 14.2 Å². The topological polar surface area (TPSA) is 106 Å². The van der Waals surface area contributed by atoms with Gasteiger partial charge in [0, 0.05) is 32.7 Å². The molecule has 1 atom stereocenters. The van der Waals surface area contributed by atoms with Gasteiger partial charge in [0.15, 0.2) is 21.3 Å². The van der Waals surface area contributed by atoms with Crippen molar-refractivity contribution < 1.29 is 22.7 Å². The van der Waals surface area contributed by atoms with E-state index in [1.807, 2.05) is 41.6 Å². The van der Waals surface area contributed by atoms with Crippen molar-refractivity contribution in [2.24, 2.45) is 0 Å². The van der Waals surface area contributed by atoms with Crippen LogP contribution in [-0.2, 0) is 16.4 Å². The zero-order valence-corrected chi connectivity index (χ0v) is 21.0. The number of ether oxygens (including phenoxy) is 2. The van der Waals surface area contributed by atoms with Gasteiger partial charge in [-0.2, -0.15) is 5.10 Å². The molecule has 0 spiro atoms. The number of carbonyl (C=O) groups excluding carboxylic acids is 1. The molecule has 0 aliphatic carbocycles. The first kappa shape index (κ1) is 24.2. The third-order valence-corrected chi connectivity index (χ3v) is 8.37. The first-order chi connectivity index (χ1) is 16.2. The molecule has 2 fully saturated rings. The summed E-state index contributed by atoms with van der Waals surface area (Å²) in [6, 6.07) is 5.38. The molecule has 0 radical (unpaired) electrons. The van der Waals surface area contributed by atoms with Crippen LogP contribution in [0.2, 0.25) is 0 Å².